The van der Waals surface area contributed by atoms with Crippen molar-refractivity contribution in [2.75, 3.05) is 5.75 Å². The molecule has 0 fully saturated rings. The first-order valence-electron chi connectivity index (χ1n) is 4.30. The number of benzene rings is 1. The summed E-state index contributed by atoms with van der Waals surface area (Å²) in [5, 5.41) is 9.48. The van der Waals surface area contributed by atoms with Gasteiger partial charge in [-0.2, -0.15) is 0 Å². The summed E-state index contributed by atoms with van der Waals surface area (Å²) in [5.41, 5.74) is 0.327. The van der Waals surface area contributed by atoms with Gasteiger partial charge in [-0.05, 0) is 30.4 Å². The highest BCUT2D eigenvalue weighted by Crippen LogP contribution is 2.26. The third-order valence-corrected chi connectivity index (χ3v) is 3.13. The highest BCUT2D eigenvalue weighted by atomic mass is 35.5. The van der Waals surface area contributed by atoms with Crippen LogP contribution in [0.4, 0.5) is 0 Å². The molecule has 0 atom stereocenters. The Kier molecular flexibility index (Phi) is 4.29. The van der Waals surface area contributed by atoms with E-state index in [4.69, 9.17) is 16.7 Å². The summed E-state index contributed by atoms with van der Waals surface area (Å²) in [6.07, 6.45) is 1.01. The maximum atomic E-state index is 10.8. The molecule has 1 rings (SSSR count). The second kappa shape index (κ2) is 5.27. The number of thioether (sulfide) groups is 1. The average Bonchev–Trinajstić information content (AvgIpc) is 2.14. The van der Waals surface area contributed by atoms with Gasteiger partial charge in [-0.1, -0.05) is 18.5 Å². The molecule has 0 spiro atoms. The van der Waals surface area contributed by atoms with E-state index in [1.165, 1.54) is 11.8 Å². The molecule has 76 valence electrons. The molecule has 0 aliphatic carbocycles. The molecule has 0 saturated heterocycles. The van der Waals surface area contributed by atoms with Gasteiger partial charge in [0, 0.05) is 9.92 Å². The Labute approximate surface area is 92.3 Å². The molecule has 0 bridgehead atoms. The lowest BCUT2D eigenvalue weighted by molar-refractivity contribution is 0.0693. The second-order valence-corrected chi connectivity index (χ2v) is 4.37. The van der Waals surface area contributed by atoms with Gasteiger partial charge in [0.15, 0.2) is 0 Å². The third kappa shape index (κ3) is 2.93. The number of carboxylic acid groups (broad SMARTS) is 1. The molecule has 1 aromatic rings. The van der Waals surface area contributed by atoms with Gasteiger partial charge in [-0.25, -0.2) is 4.79 Å². The van der Waals surface area contributed by atoms with E-state index in [1.807, 2.05) is 0 Å². The van der Waals surface area contributed by atoms with Gasteiger partial charge in [0.1, 0.15) is 0 Å². The fraction of sp³-hybridized carbons (Fsp3) is 0.300. The Morgan fingerprint density at radius 3 is 2.86 bits per heavy atom. The minimum Gasteiger partial charge on any atom is -0.478 e. The van der Waals surface area contributed by atoms with Crippen LogP contribution >= 0.6 is 23.4 Å². The fourth-order valence-corrected chi connectivity index (χ4v) is 2.19. The van der Waals surface area contributed by atoms with Crippen molar-refractivity contribution in [1.82, 2.24) is 0 Å². The van der Waals surface area contributed by atoms with Crippen molar-refractivity contribution in [3.8, 4) is 0 Å². The van der Waals surface area contributed by atoms with E-state index in [9.17, 15) is 4.79 Å². The van der Waals surface area contributed by atoms with Gasteiger partial charge in [0.05, 0.1) is 5.56 Å². The lowest BCUT2D eigenvalue weighted by atomic mass is 10.2. The molecule has 4 heteroatoms. The average molecular weight is 231 g/mol. The van der Waals surface area contributed by atoms with Crippen LogP contribution in [0.3, 0.4) is 0 Å². The molecule has 1 aromatic carbocycles. The van der Waals surface area contributed by atoms with Crippen LogP contribution in [0.5, 0.6) is 0 Å². The Hall–Kier alpha value is -0.670. The van der Waals surface area contributed by atoms with Crippen molar-refractivity contribution < 1.29 is 9.90 Å². The molecule has 1 N–H and O–H groups in total. The van der Waals surface area contributed by atoms with Gasteiger partial charge >= 0.3 is 5.97 Å². The molecule has 0 unspecified atom stereocenters. The minimum atomic E-state index is -0.903. The smallest absolute Gasteiger partial charge is 0.336 e. The fourth-order valence-electron chi connectivity index (χ4n) is 1.00. The number of aromatic carboxylic acids is 1. The Bertz CT molecular complexity index is 339. The second-order valence-electron chi connectivity index (χ2n) is 2.79. The number of carbonyl (C=O) groups is 1. The van der Waals surface area contributed by atoms with E-state index < -0.39 is 5.97 Å². The third-order valence-electron chi connectivity index (χ3n) is 1.64. The van der Waals surface area contributed by atoms with Crippen molar-refractivity contribution in [3.05, 3.63) is 28.8 Å². The first-order chi connectivity index (χ1) is 6.65. The minimum absolute atomic E-state index is 0.327. The molecule has 0 heterocycles. The van der Waals surface area contributed by atoms with Crippen LogP contribution in [0.2, 0.25) is 5.02 Å². The maximum absolute atomic E-state index is 10.8. The molecule has 0 aliphatic heterocycles. The summed E-state index contributed by atoms with van der Waals surface area (Å²) in [5.74, 6) is 0.000867. The molecule has 0 saturated carbocycles. The number of carboxylic acids is 1. The van der Waals surface area contributed by atoms with Gasteiger partial charge in [0.2, 0.25) is 0 Å². The maximum Gasteiger partial charge on any atom is 0.336 e. The first-order valence-corrected chi connectivity index (χ1v) is 5.67. The van der Waals surface area contributed by atoms with Crippen molar-refractivity contribution in [2.45, 2.75) is 18.2 Å². The van der Waals surface area contributed by atoms with Crippen molar-refractivity contribution >= 4 is 29.3 Å². The number of hydrogen-bond donors (Lipinski definition) is 1. The molecule has 0 radical (unpaired) electrons. The van der Waals surface area contributed by atoms with E-state index in [-0.39, 0.29) is 0 Å². The van der Waals surface area contributed by atoms with Crippen LogP contribution in [-0.2, 0) is 0 Å². The summed E-state index contributed by atoms with van der Waals surface area (Å²) >= 11 is 7.32. The predicted octanol–water partition coefficient (Wildman–Crippen LogP) is 3.54. The Balaban J connectivity index is 2.97. The van der Waals surface area contributed by atoms with Gasteiger partial charge in [-0.3, -0.25) is 0 Å². The Morgan fingerprint density at radius 2 is 2.29 bits per heavy atom. The van der Waals surface area contributed by atoms with Crippen molar-refractivity contribution in [2.24, 2.45) is 0 Å². The van der Waals surface area contributed by atoms with Crippen LogP contribution in [0.1, 0.15) is 23.7 Å². The van der Waals surface area contributed by atoms with Crippen LogP contribution in [-0.4, -0.2) is 16.8 Å². The van der Waals surface area contributed by atoms with E-state index in [2.05, 4.69) is 6.92 Å². The molecular weight excluding hydrogens is 220 g/mol. The van der Waals surface area contributed by atoms with Crippen LogP contribution in [0.15, 0.2) is 23.1 Å². The van der Waals surface area contributed by atoms with Crippen molar-refractivity contribution in [3.63, 3.8) is 0 Å². The lowest BCUT2D eigenvalue weighted by Crippen LogP contribution is -1.98. The molecular formula is C10H11ClO2S. The standard InChI is InChI=1S/C10H11ClO2S/c1-2-5-14-9-6-7(11)3-4-8(9)10(12)13/h3-4,6H,2,5H2,1H3,(H,12,13). The van der Waals surface area contributed by atoms with E-state index in [1.54, 1.807) is 18.2 Å². The van der Waals surface area contributed by atoms with Crippen molar-refractivity contribution in [1.29, 1.82) is 0 Å². The lowest BCUT2D eigenvalue weighted by Gasteiger charge is -2.04. The summed E-state index contributed by atoms with van der Waals surface area (Å²) in [6, 6.07) is 4.84. The predicted molar refractivity (Wildman–Crippen MR) is 59.4 cm³/mol. The molecule has 0 aliphatic rings. The normalized spacial score (nSPS) is 10.1. The monoisotopic (exact) mass is 230 g/mol. The zero-order valence-corrected chi connectivity index (χ0v) is 9.36. The van der Waals surface area contributed by atoms with E-state index in [0.29, 0.717) is 10.6 Å². The number of halogens is 1. The Morgan fingerprint density at radius 1 is 1.57 bits per heavy atom. The molecule has 14 heavy (non-hydrogen) atoms. The summed E-state index contributed by atoms with van der Waals surface area (Å²) in [6.45, 7) is 2.05. The quantitative estimate of drug-likeness (QED) is 0.804. The van der Waals surface area contributed by atoms with Crippen LogP contribution < -0.4 is 0 Å². The zero-order chi connectivity index (χ0) is 10.6. The highest BCUT2D eigenvalue weighted by molar-refractivity contribution is 7.99. The van der Waals surface area contributed by atoms with Gasteiger partial charge in [0.25, 0.3) is 0 Å². The summed E-state index contributed by atoms with van der Waals surface area (Å²) in [7, 11) is 0. The van der Waals surface area contributed by atoms with Gasteiger partial charge < -0.3 is 5.11 Å². The molecule has 2 nitrogen and oxygen atoms in total. The van der Waals surface area contributed by atoms with E-state index >= 15 is 0 Å². The number of hydrogen-bond acceptors (Lipinski definition) is 2. The first kappa shape index (κ1) is 11.4. The molecule has 0 aromatic heterocycles. The SMILES string of the molecule is CCCSc1cc(Cl)ccc1C(=O)O. The largest absolute Gasteiger partial charge is 0.478 e. The highest BCUT2D eigenvalue weighted by Gasteiger charge is 2.10. The summed E-state index contributed by atoms with van der Waals surface area (Å²) in [4.78, 5) is 11.6. The summed E-state index contributed by atoms with van der Waals surface area (Å²) < 4.78 is 0. The number of rotatable bonds is 4. The van der Waals surface area contributed by atoms with Crippen LogP contribution in [0, 0.1) is 0 Å². The topological polar surface area (TPSA) is 37.3 Å². The van der Waals surface area contributed by atoms with Crippen LogP contribution in [0.25, 0.3) is 0 Å². The molecule has 0 amide bonds. The van der Waals surface area contributed by atoms with Gasteiger partial charge in [-0.15, -0.1) is 11.8 Å². The zero-order valence-electron chi connectivity index (χ0n) is 7.79. The van der Waals surface area contributed by atoms with E-state index in [0.717, 1.165) is 17.1 Å².